The molecule has 1 saturated carbocycles. The van der Waals surface area contributed by atoms with Crippen LogP contribution < -0.4 is 11.1 Å². The molecule has 2 rings (SSSR count). The average molecular weight is 256 g/mol. The van der Waals surface area contributed by atoms with Crippen LogP contribution in [0, 0.1) is 5.92 Å². The van der Waals surface area contributed by atoms with Crippen molar-refractivity contribution in [1.82, 2.24) is 4.98 Å². The van der Waals surface area contributed by atoms with E-state index in [0.29, 0.717) is 16.0 Å². The van der Waals surface area contributed by atoms with E-state index in [1.54, 1.807) is 6.07 Å². The van der Waals surface area contributed by atoms with Gasteiger partial charge >= 0.3 is 0 Å². The molecule has 1 aliphatic carbocycles. The molecule has 0 saturated heterocycles. The van der Waals surface area contributed by atoms with Crippen LogP contribution in [0.5, 0.6) is 0 Å². The number of nitrogens with one attached hydrogen (secondary N) is 1. The molecule has 1 aliphatic rings. The van der Waals surface area contributed by atoms with Gasteiger partial charge in [0.25, 0.3) is 0 Å². The summed E-state index contributed by atoms with van der Waals surface area (Å²) in [5.74, 6) is 0.233. The SMILES string of the molecule is Nc1cnc(Br)cc1NC(=O)C1CC1. The molecule has 14 heavy (non-hydrogen) atoms. The normalized spacial score (nSPS) is 15.2. The summed E-state index contributed by atoms with van der Waals surface area (Å²) < 4.78 is 0.665. The Morgan fingerprint density at radius 1 is 1.64 bits per heavy atom. The van der Waals surface area contributed by atoms with Crippen molar-refractivity contribution in [2.75, 3.05) is 11.1 Å². The van der Waals surface area contributed by atoms with E-state index >= 15 is 0 Å². The fraction of sp³-hybridized carbons (Fsp3) is 0.333. The first-order chi connectivity index (χ1) is 6.66. The van der Waals surface area contributed by atoms with E-state index in [1.165, 1.54) is 6.20 Å². The molecular weight excluding hydrogens is 246 g/mol. The number of amides is 1. The molecule has 0 radical (unpaired) electrons. The summed E-state index contributed by atoms with van der Waals surface area (Å²) in [4.78, 5) is 15.4. The molecule has 1 aromatic heterocycles. The topological polar surface area (TPSA) is 68.0 Å². The Labute approximate surface area is 90.0 Å². The zero-order valence-electron chi connectivity index (χ0n) is 7.46. The van der Waals surface area contributed by atoms with Crippen LogP contribution in [-0.2, 0) is 4.79 Å². The first-order valence-electron chi connectivity index (χ1n) is 4.38. The van der Waals surface area contributed by atoms with Crippen molar-refractivity contribution in [3.8, 4) is 0 Å². The summed E-state index contributed by atoms with van der Waals surface area (Å²) in [5, 5.41) is 2.78. The predicted molar refractivity (Wildman–Crippen MR) is 57.7 cm³/mol. The van der Waals surface area contributed by atoms with Crippen LogP contribution in [0.2, 0.25) is 0 Å². The third kappa shape index (κ3) is 2.04. The summed E-state index contributed by atoms with van der Waals surface area (Å²) >= 11 is 3.22. The van der Waals surface area contributed by atoms with Gasteiger partial charge in [0, 0.05) is 5.92 Å². The first kappa shape index (κ1) is 9.45. The number of carbonyl (C=O) groups is 1. The molecule has 1 aromatic rings. The summed E-state index contributed by atoms with van der Waals surface area (Å²) in [6, 6.07) is 1.70. The monoisotopic (exact) mass is 255 g/mol. The average Bonchev–Trinajstić information content (AvgIpc) is 2.94. The van der Waals surface area contributed by atoms with Crippen molar-refractivity contribution >= 4 is 33.2 Å². The summed E-state index contributed by atoms with van der Waals surface area (Å²) in [6.07, 6.45) is 3.49. The van der Waals surface area contributed by atoms with E-state index in [4.69, 9.17) is 5.73 Å². The number of pyridine rings is 1. The lowest BCUT2D eigenvalue weighted by atomic mass is 10.3. The number of nitrogen functional groups attached to an aromatic ring is 1. The standard InChI is InChI=1S/C9H10BrN3O/c10-8-3-7(6(11)4-12-8)13-9(14)5-1-2-5/h3-5H,1-2,11H2,(H,12,13,14). The second kappa shape index (κ2) is 3.57. The van der Waals surface area contributed by atoms with Gasteiger partial charge in [-0.3, -0.25) is 4.79 Å². The molecule has 1 fully saturated rings. The predicted octanol–water partition coefficient (Wildman–Crippen LogP) is 1.77. The number of carbonyl (C=O) groups excluding carboxylic acids is 1. The molecule has 0 spiro atoms. The van der Waals surface area contributed by atoms with Crippen LogP contribution in [0.15, 0.2) is 16.9 Å². The van der Waals surface area contributed by atoms with Gasteiger partial charge in [0.2, 0.25) is 5.91 Å². The number of halogens is 1. The van der Waals surface area contributed by atoms with E-state index in [2.05, 4.69) is 26.2 Å². The van der Waals surface area contributed by atoms with Crippen LogP contribution in [0.3, 0.4) is 0 Å². The Morgan fingerprint density at radius 3 is 3.00 bits per heavy atom. The minimum atomic E-state index is 0.0507. The maximum atomic E-state index is 11.4. The summed E-state index contributed by atoms with van der Waals surface area (Å²) in [7, 11) is 0. The number of nitrogens with zero attached hydrogens (tertiary/aromatic N) is 1. The quantitative estimate of drug-likeness (QED) is 0.792. The molecule has 0 unspecified atom stereocenters. The van der Waals surface area contributed by atoms with Crippen LogP contribution in [0.25, 0.3) is 0 Å². The van der Waals surface area contributed by atoms with Crippen LogP contribution >= 0.6 is 15.9 Å². The highest BCUT2D eigenvalue weighted by Crippen LogP contribution is 2.31. The van der Waals surface area contributed by atoms with Crippen molar-refractivity contribution in [3.05, 3.63) is 16.9 Å². The molecule has 1 amide bonds. The van der Waals surface area contributed by atoms with Crippen LogP contribution in [0.1, 0.15) is 12.8 Å². The second-order valence-electron chi connectivity index (χ2n) is 3.36. The van der Waals surface area contributed by atoms with E-state index in [9.17, 15) is 4.79 Å². The second-order valence-corrected chi connectivity index (χ2v) is 4.17. The first-order valence-corrected chi connectivity index (χ1v) is 5.18. The van der Waals surface area contributed by atoms with Gasteiger partial charge in [-0.25, -0.2) is 4.98 Å². The Morgan fingerprint density at radius 2 is 2.36 bits per heavy atom. The van der Waals surface area contributed by atoms with Crippen molar-refractivity contribution in [1.29, 1.82) is 0 Å². The molecule has 5 heteroatoms. The van der Waals surface area contributed by atoms with Crippen molar-refractivity contribution in [3.63, 3.8) is 0 Å². The number of rotatable bonds is 2. The molecular formula is C9H10BrN3O. The Kier molecular flexibility index (Phi) is 2.41. The molecule has 74 valence electrons. The van der Waals surface area contributed by atoms with Gasteiger partial charge in [-0.2, -0.15) is 0 Å². The Hall–Kier alpha value is -1.10. The van der Waals surface area contributed by atoms with E-state index in [0.717, 1.165) is 12.8 Å². The van der Waals surface area contributed by atoms with Gasteiger partial charge in [0.15, 0.2) is 0 Å². The summed E-state index contributed by atoms with van der Waals surface area (Å²) in [6.45, 7) is 0. The third-order valence-corrected chi connectivity index (χ3v) is 2.54. The zero-order chi connectivity index (χ0) is 10.1. The van der Waals surface area contributed by atoms with Gasteiger partial charge in [-0.15, -0.1) is 0 Å². The molecule has 1 heterocycles. The highest BCUT2D eigenvalue weighted by molar-refractivity contribution is 9.10. The van der Waals surface area contributed by atoms with Crippen molar-refractivity contribution in [2.24, 2.45) is 5.92 Å². The number of aromatic nitrogens is 1. The lowest BCUT2D eigenvalue weighted by Gasteiger charge is -2.06. The van der Waals surface area contributed by atoms with Gasteiger partial charge < -0.3 is 11.1 Å². The lowest BCUT2D eigenvalue weighted by molar-refractivity contribution is -0.117. The number of hydrogen-bond acceptors (Lipinski definition) is 3. The fourth-order valence-electron chi connectivity index (χ4n) is 1.13. The Bertz CT molecular complexity index is 376. The summed E-state index contributed by atoms with van der Waals surface area (Å²) in [5.41, 5.74) is 6.78. The number of hydrogen-bond donors (Lipinski definition) is 2. The molecule has 3 N–H and O–H groups in total. The van der Waals surface area contributed by atoms with Crippen molar-refractivity contribution in [2.45, 2.75) is 12.8 Å². The minimum absolute atomic E-state index is 0.0507. The Balaban J connectivity index is 2.14. The lowest BCUT2D eigenvalue weighted by Crippen LogP contribution is -2.14. The van der Waals surface area contributed by atoms with Gasteiger partial charge in [0.05, 0.1) is 17.6 Å². The van der Waals surface area contributed by atoms with Gasteiger partial charge in [-0.1, -0.05) is 0 Å². The van der Waals surface area contributed by atoms with E-state index < -0.39 is 0 Å². The van der Waals surface area contributed by atoms with Gasteiger partial charge in [-0.05, 0) is 34.8 Å². The molecule has 0 aromatic carbocycles. The molecule has 0 atom stereocenters. The van der Waals surface area contributed by atoms with Crippen LogP contribution in [-0.4, -0.2) is 10.9 Å². The van der Waals surface area contributed by atoms with E-state index in [1.807, 2.05) is 0 Å². The maximum absolute atomic E-state index is 11.4. The molecule has 4 nitrogen and oxygen atoms in total. The third-order valence-electron chi connectivity index (χ3n) is 2.11. The number of nitrogens with two attached hydrogens (primary N) is 1. The maximum Gasteiger partial charge on any atom is 0.227 e. The minimum Gasteiger partial charge on any atom is -0.396 e. The van der Waals surface area contributed by atoms with Gasteiger partial charge in [0.1, 0.15) is 4.60 Å². The highest BCUT2D eigenvalue weighted by Gasteiger charge is 2.29. The largest absolute Gasteiger partial charge is 0.396 e. The fourth-order valence-corrected chi connectivity index (χ4v) is 1.46. The van der Waals surface area contributed by atoms with Crippen LogP contribution in [0.4, 0.5) is 11.4 Å². The number of anilines is 2. The zero-order valence-corrected chi connectivity index (χ0v) is 9.04. The van der Waals surface area contributed by atoms with Crippen molar-refractivity contribution < 1.29 is 4.79 Å². The molecule has 0 bridgehead atoms. The smallest absolute Gasteiger partial charge is 0.227 e. The molecule has 0 aliphatic heterocycles. The highest BCUT2D eigenvalue weighted by atomic mass is 79.9. The van der Waals surface area contributed by atoms with E-state index in [-0.39, 0.29) is 11.8 Å².